The molecule has 0 amide bonds. The van der Waals surface area contributed by atoms with E-state index in [9.17, 15) is 0 Å². The van der Waals surface area contributed by atoms with Crippen molar-refractivity contribution in [2.24, 2.45) is 0 Å². The highest BCUT2D eigenvalue weighted by Gasteiger charge is 2.16. The average Bonchev–Trinajstić information content (AvgIpc) is 2.87. The molecule has 0 saturated carbocycles. The van der Waals surface area contributed by atoms with Crippen molar-refractivity contribution >= 4 is 21.6 Å². The van der Waals surface area contributed by atoms with Crippen LogP contribution in [0.5, 0.6) is 0 Å². The van der Waals surface area contributed by atoms with Gasteiger partial charge in [-0.3, -0.25) is 4.90 Å². The minimum atomic E-state index is 0.623. The fourth-order valence-electron chi connectivity index (χ4n) is 2.62. The van der Waals surface area contributed by atoms with Crippen LogP contribution >= 0.6 is 11.3 Å². The second-order valence-corrected chi connectivity index (χ2v) is 5.88. The van der Waals surface area contributed by atoms with Gasteiger partial charge in [0.15, 0.2) is 0 Å². The Hall–Kier alpha value is -0.970. The number of hydrogen-bond donors (Lipinski definition) is 1. The molecule has 96 valence electrons. The van der Waals surface area contributed by atoms with E-state index in [1.165, 1.54) is 23.4 Å². The largest absolute Gasteiger partial charge is 0.314 e. The Labute approximate surface area is 112 Å². The first-order valence-corrected chi connectivity index (χ1v) is 7.48. The van der Waals surface area contributed by atoms with Gasteiger partial charge in [0.1, 0.15) is 0 Å². The normalized spacial score (nSPS) is 19.2. The fraction of sp³-hybridized carbons (Fsp3) is 0.500. The Morgan fingerprint density at radius 3 is 3.06 bits per heavy atom. The number of nitrogens with one attached hydrogen (secondary N) is 1. The molecule has 3 nitrogen and oxygen atoms in total. The van der Waals surface area contributed by atoms with Crippen molar-refractivity contribution in [1.29, 1.82) is 0 Å². The van der Waals surface area contributed by atoms with Crippen LogP contribution in [0.15, 0.2) is 23.7 Å². The Morgan fingerprint density at radius 2 is 2.22 bits per heavy atom. The van der Waals surface area contributed by atoms with Gasteiger partial charge in [0, 0.05) is 32.2 Å². The van der Waals surface area contributed by atoms with Crippen LogP contribution in [0.2, 0.25) is 0 Å². The predicted molar refractivity (Wildman–Crippen MR) is 77.2 cm³/mol. The Bertz CT molecular complexity index is 516. The van der Waals surface area contributed by atoms with Crippen LogP contribution < -0.4 is 5.32 Å². The zero-order chi connectivity index (χ0) is 12.4. The van der Waals surface area contributed by atoms with Gasteiger partial charge in [0.25, 0.3) is 0 Å². The number of nitrogens with zero attached hydrogens (tertiary/aromatic N) is 2. The Morgan fingerprint density at radius 1 is 1.39 bits per heavy atom. The summed E-state index contributed by atoms with van der Waals surface area (Å²) in [5.74, 6) is 0. The minimum absolute atomic E-state index is 0.623. The van der Waals surface area contributed by atoms with Gasteiger partial charge in [-0.05, 0) is 31.0 Å². The summed E-state index contributed by atoms with van der Waals surface area (Å²) in [5, 5.41) is 3.41. The van der Waals surface area contributed by atoms with Gasteiger partial charge in [0.05, 0.1) is 15.7 Å². The lowest BCUT2D eigenvalue weighted by molar-refractivity contribution is 0.183. The van der Waals surface area contributed by atoms with E-state index >= 15 is 0 Å². The summed E-state index contributed by atoms with van der Waals surface area (Å²) in [6.07, 6.45) is 1.13. The molecule has 1 aromatic heterocycles. The van der Waals surface area contributed by atoms with Crippen molar-refractivity contribution in [3.63, 3.8) is 0 Å². The molecule has 1 N–H and O–H groups in total. The molecule has 1 unspecified atom stereocenters. The Kier molecular flexibility index (Phi) is 3.59. The van der Waals surface area contributed by atoms with Crippen LogP contribution in [-0.2, 0) is 6.42 Å². The van der Waals surface area contributed by atoms with Crippen molar-refractivity contribution in [2.45, 2.75) is 19.4 Å². The molecule has 0 bridgehead atoms. The highest BCUT2D eigenvalue weighted by molar-refractivity contribution is 7.16. The summed E-state index contributed by atoms with van der Waals surface area (Å²) in [4.78, 5) is 6.91. The summed E-state index contributed by atoms with van der Waals surface area (Å²) in [6.45, 7) is 6.92. The van der Waals surface area contributed by atoms with Gasteiger partial charge >= 0.3 is 0 Å². The molecule has 4 heteroatoms. The molecule has 18 heavy (non-hydrogen) atoms. The van der Waals surface area contributed by atoms with Gasteiger partial charge in [-0.15, -0.1) is 11.3 Å². The molecular formula is C14H19N3S. The summed E-state index contributed by atoms with van der Waals surface area (Å²) in [7, 11) is 0. The molecule has 2 aromatic rings. The van der Waals surface area contributed by atoms with E-state index in [4.69, 9.17) is 0 Å². The van der Waals surface area contributed by atoms with E-state index in [1.54, 1.807) is 11.3 Å². The Balaban J connectivity index is 1.70. The van der Waals surface area contributed by atoms with Crippen molar-refractivity contribution < 1.29 is 0 Å². The molecule has 3 rings (SSSR count). The molecule has 1 saturated heterocycles. The van der Waals surface area contributed by atoms with E-state index < -0.39 is 0 Å². The molecular weight excluding hydrogens is 242 g/mol. The van der Waals surface area contributed by atoms with Crippen molar-refractivity contribution in [3.8, 4) is 0 Å². The standard InChI is InChI=1S/C14H19N3S/c1-11(17-6-4-15-5-7-17)8-12-2-3-13-14(9-12)18-10-16-13/h2-3,9-11,15H,4-8H2,1H3. The summed E-state index contributed by atoms with van der Waals surface area (Å²) in [6, 6.07) is 7.29. The summed E-state index contributed by atoms with van der Waals surface area (Å²) >= 11 is 1.73. The van der Waals surface area contributed by atoms with E-state index in [0.29, 0.717) is 6.04 Å². The zero-order valence-corrected chi connectivity index (χ0v) is 11.5. The van der Waals surface area contributed by atoms with Gasteiger partial charge in [-0.25, -0.2) is 4.98 Å². The zero-order valence-electron chi connectivity index (χ0n) is 10.7. The molecule has 1 atom stereocenters. The quantitative estimate of drug-likeness (QED) is 0.917. The number of benzene rings is 1. The molecule has 1 aromatic carbocycles. The van der Waals surface area contributed by atoms with Crippen molar-refractivity contribution in [2.75, 3.05) is 26.2 Å². The van der Waals surface area contributed by atoms with Crippen LogP contribution in [0.4, 0.5) is 0 Å². The van der Waals surface area contributed by atoms with Crippen LogP contribution in [0.3, 0.4) is 0 Å². The molecule has 1 fully saturated rings. The third-order valence-electron chi connectivity index (χ3n) is 3.70. The highest BCUT2D eigenvalue weighted by Crippen LogP contribution is 2.20. The maximum atomic E-state index is 4.33. The first-order chi connectivity index (χ1) is 8.83. The number of thiazole rings is 1. The second-order valence-electron chi connectivity index (χ2n) is 4.99. The number of piperazine rings is 1. The van der Waals surface area contributed by atoms with Gasteiger partial charge in [-0.2, -0.15) is 0 Å². The maximum Gasteiger partial charge on any atom is 0.0812 e. The molecule has 1 aliphatic rings. The maximum absolute atomic E-state index is 4.33. The molecule has 1 aliphatic heterocycles. The van der Waals surface area contributed by atoms with Gasteiger partial charge < -0.3 is 5.32 Å². The lowest BCUT2D eigenvalue weighted by Crippen LogP contribution is -2.48. The van der Waals surface area contributed by atoms with Crippen LogP contribution in [0.25, 0.3) is 10.2 Å². The summed E-state index contributed by atoms with van der Waals surface area (Å²) < 4.78 is 1.31. The van der Waals surface area contributed by atoms with E-state index in [-0.39, 0.29) is 0 Å². The number of aromatic nitrogens is 1. The lowest BCUT2D eigenvalue weighted by atomic mass is 10.1. The topological polar surface area (TPSA) is 28.2 Å². The number of rotatable bonds is 3. The fourth-order valence-corrected chi connectivity index (χ4v) is 3.36. The van der Waals surface area contributed by atoms with E-state index in [0.717, 1.165) is 25.0 Å². The van der Waals surface area contributed by atoms with Crippen LogP contribution in [-0.4, -0.2) is 42.1 Å². The van der Waals surface area contributed by atoms with Crippen LogP contribution in [0.1, 0.15) is 12.5 Å². The third kappa shape index (κ3) is 2.55. The highest BCUT2D eigenvalue weighted by atomic mass is 32.1. The SMILES string of the molecule is CC(Cc1ccc2ncsc2c1)N1CCNCC1. The summed E-state index contributed by atoms with van der Waals surface area (Å²) in [5.41, 5.74) is 4.48. The van der Waals surface area contributed by atoms with E-state index in [1.807, 2.05) is 5.51 Å². The average molecular weight is 261 g/mol. The molecule has 2 heterocycles. The van der Waals surface area contributed by atoms with E-state index in [2.05, 4.69) is 40.3 Å². The first kappa shape index (κ1) is 12.1. The minimum Gasteiger partial charge on any atom is -0.314 e. The third-order valence-corrected chi connectivity index (χ3v) is 4.49. The molecule has 0 aliphatic carbocycles. The molecule has 0 spiro atoms. The van der Waals surface area contributed by atoms with Crippen LogP contribution in [0, 0.1) is 0 Å². The monoisotopic (exact) mass is 261 g/mol. The van der Waals surface area contributed by atoms with Gasteiger partial charge in [0.2, 0.25) is 0 Å². The second kappa shape index (κ2) is 5.34. The lowest BCUT2D eigenvalue weighted by Gasteiger charge is -2.32. The first-order valence-electron chi connectivity index (χ1n) is 6.60. The van der Waals surface area contributed by atoms with Crippen molar-refractivity contribution in [3.05, 3.63) is 29.3 Å². The number of fused-ring (bicyclic) bond motifs is 1. The predicted octanol–water partition coefficient (Wildman–Crippen LogP) is 2.13. The smallest absolute Gasteiger partial charge is 0.0812 e. The van der Waals surface area contributed by atoms with Crippen molar-refractivity contribution in [1.82, 2.24) is 15.2 Å². The molecule has 0 radical (unpaired) electrons. The number of hydrogen-bond acceptors (Lipinski definition) is 4. The van der Waals surface area contributed by atoms with Gasteiger partial charge in [-0.1, -0.05) is 6.07 Å².